The first-order chi connectivity index (χ1) is 11.0. The fourth-order valence-electron chi connectivity index (χ4n) is 1.88. The van der Waals surface area contributed by atoms with Crippen molar-refractivity contribution in [2.75, 3.05) is 26.1 Å². The number of hydrogen-bond donors (Lipinski definition) is 1. The van der Waals surface area contributed by atoms with Gasteiger partial charge in [-0.2, -0.15) is 0 Å². The van der Waals surface area contributed by atoms with E-state index in [1.54, 1.807) is 36.4 Å². The molecule has 0 atom stereocenters. The first-order valence-electron chi connectivity index (χ1n) is 6.64. The smallest absolute Gasteiger partial charge is 0.262 e. The van der Waals surface area contributed by atoms with Crippen molar-refractivity contribution < 1.29 is 19.0 Å². The van der Waals surface area contributed by atoms with Crippen LogP contribution in [0.15, 0.2) is 36.4 Å². The molecular weight excluding hydrogens is 341 g/mol. The van der Waals surface area contributed by atoms with E-state index in [9.17, 15) is 4.79 Å². The first kappa shape index (κ1) is 17.2. The van der Waals surface area contributed by atoms with Crippen molar-refractivity contribution in [1.29, 1.82) is 0 Å². The second-order valence-corrected chi connectivity index (χ2v) is 5.30. The SMILES string of the molecule is COc1cccc(OC)c1OCC(=O)Nc1cc(Cl)ccc1Cl. The average Bonchev–Trinajstić information content (AvgIpc) is 2.55. The van der Waals surface area contributed by atoms with Gasteiger partial charge in [0.05, 0.1) is 24.9 Å². The third-order valence-corrected chi connectivity index (χ3v) is 3.50. The van der Waals surface area contributed by atoms with Gasteiger partial charge in [-0.25, -0.2) is 0 Å². The van der Waals surface area contributed by atoms with E-state index in [2.05, 4.69) is 5.32 Å². The molecular formula is C16H15Cl2NO4. The Morgan fingerprint density at radius 3 is 2.35 bits per heavy atom. The van der Waals surface area contributed by atoms with Crippen molar-refractivity contribution in [3.63, 3.8) is 0 Å². The molecule has 5 nitrogen and oxygen atoms in total. The summed E-state index contributed by atoms with van der Waals surface area (Å²) in [5, 5.41) is 3.49. The summed E-state index contributed by atoms with van der Waals surface area (Å²) >= 11 is 11.9. The molecule has 2 rings (SSSR count). The zero-order valence-corrected chi connectivity index (χ0v) is 14.1. The number of rotatable bonds is 6. The molecule has 0 heterocycles. The van der Waals surface area contributed by atoms with Gasteiger partial charge in [0, 0.05) is 5.02 Å². The number of benzene rings is 2. The standard InChI is InChI=1S/C16H15Cl2NO4/c1-21-13-4-3-5-14(22-2)16(13)23-9-15(20)19-12-8-10(17)6-7-11(12)18/h3-8H,9H2,1-2H3,(H,19,20). The van der Waals surface area contributed by atoms with E-state index >= 15 is 0 Å². The Kier molecular flexibility index (Phi) is 5.96. The molecule has 0 spiro atoms. The minimum absolute atomic E-state index is 0.237. The van der Waals surface area contributed by atoms with Gasteiger partial charge in [-0.1, -0.05) is 29.3 Å². The molecule has 1 amide bonds. The number of ether oxygens (including phenoxy) is 3. The molecule has 0 aliphatic carbocycles. The Morgan fingerprint density at radius 2 is 1.74 bits per heavy atom. The van der Waals surface area contributed by atoms with Crippen LogP contribution in [0.1, 0.15) is 0 Å². The lowest BCUT2D eigenvalue weighted by atomic mass is 10.3. The van der Waals surface area contributed by atoms with E-state index in [1.165, 1.54) is 14.2 Å². The fourth-order valence-corrected chi connectivity index (χ4v) is 2.21. The third kappa shape index (κ3) is 4.43. The van der Waals surface area contributed by atoms with Crippen molar-refractivity contribution in [2.24, 2.45) is 0 Å². The Hall–Kier alpha value is -2.11. The van der Waals surface area contributed by atoms with Crippen LogP contribution in [0.4, 0.5) is 5.69 Å². The van der Waals surface area contributed by atoms with E-state index in [1.807, 2.05) is 0 Å². The van der Waals surface area contributed by atoms with Gasteiger partial charge in [0.2, 0.25) is 5.75 Å². The normalized spacial score (nSPS) is 10.1. The summed E-state index contributed by atoms with van der Waals surface area (Å²) < 4.78 is 15.9. The number of para-hydroxylation sites is 1. The van der Waals surface area contributed by atoms with Crippen LogP contribution in [0.3, 0.4) is 0 Å². The van der Waals surface area contributed by atoms with Gasteiger partial charge in [0.25, 0.3) is 5.91 Å². The van der Waals surface area contributed by atoms with Gasteiger partial charge in [-0.05, 0) is 30.3 Å². The summed E-state index contributed by atoms with van der Waals surface area (Å²) in [4.78, 5) is 12.0. The van der Waals surface area contributed by atoms with Gasteiger partial charge in [-0.3, -0.25) is 4.79 Å². The van der Waals surface area contributed by atoms with Gasteiger partial charge < -0.3 is 19.5 Å². The maximum absolute atomic E-state index is 12.0. The highest BCUT2D eigenvalue weighted by Gasteiger charge is 2.14. The van der Waals surface area contributed by atoms with Crippen LogP contribution in [0.25, 0.3) is 0 Å². The van der Waals surface area contributed by atoms with Crippen molar-refractivity contribution >= 4 is 34.8 Å². The maximum atomic E-state index is 12.0. The van der Waals surface area contributed by atoms with Crippen LogP contribution in [-0.4, -0.2) is 26.7 Å². The summed E-state index contributed by atoms with van der Waals surface area (Å²) in [6, 6.07) is 9.98. The molecule has 1 N–H and O–H groups in total. The average molecular weight is 356 g/mol. The Labute approximate surface area is 144 Å². The predicted molar refractivity (Wildman–Crippen MR) is 90.1 cm³/mol. The zero-order chi connectivity index (χ0) is 16.8. The summed E-state index contributed by atoms with van der Waals surface area (Å²) in [6.07, 6.45) is 0. The molecule has 2 aromatic rings. The lowest BCUT2D eigenvalue weighted by Gasteiger charge is -2.14. The van der Waals surface area contributed by atoms with Crippen LogP contribution in [0, 0.1) is 0 Å². The topological polar surface area (TPSA) is 56.8 Å². The number of carbonyl (C=O) groups is 1. The maximum Gasteiger partial charge on any atom is 0.262 e. The Bertz CT molecular complexity index is 684. The fraction of sp³-hybridized carbons (Fsp3) is 0.188. The molecule has 0 aromatic heterocycles. The van der Waals surface area contributed by atoms with Crippen LogP contribution in [0.2, 0.25) is 10.0 Å². The number of carbonyl (C=O) groups excluding carboxylic acids is 1. The van der Waals surface area contributed by atoms with Gasteiger partial charge in [0.1, 0.15) is 0 Å². The van der Waals surface area contributed by atoms with Crippen LogP contribution >= 0.6 is 23.2 Å². The molecule has 0 radical (unpaired) electrons. The molecule has 0 bridgehead atoms. The number of amides is 1. The highest BCUT2D eigenvalue weighted by atomic mass is 35.5. The molecule has 0 aliphatic heterocycles. The molecule has 0 saturated heterocycles. The number of methoxy groups -OCH3 is 2. The van der Waals surface area contributed by atoms with E-state index in [4.69, 9.17) is 37.4 Å². The molecule has 0 saturated carbocycles. The highest BCUT2D eigenvalue weighted by Crippen LogP contribution is 2.36. The van der Waals surface area contributed by atoms with E-state index < -0.39 is 0 Å². The Balaban J connectivity index is 2.06. The lowest BCUT2D eigenvalue weighted by molar-refractivity contribution is -0.118. The van der Waals surface area contributed by atoms with Crippen molar-refractivity contribution in [1.82, 2.24) is 0 Å². The number of hydrogen-bond acceptors (Lipinski definition) is 4. The zero-order valence-electron chi connectivity index (χ0n) is 12.6. The number of nitrogens with one attached hydrogen (secondary N) is 1. The van der Waals surface area contributed by atoms with Gasteiger partial charge in [-0.15, -0.1) is 0 Å². The van der Waals surface area contributed by atoms with E-state index in [-0.39, 0.29) is 12.5 Å². The summed E-state index contributed by atoms with van der Waals surface area (Å²) in [5.41, 5.74) is 0.416. The molecule has 0 unspecified atom stereocenters. The highest BCUT2D eigenvalue weighted by molar-refractivity contribution is 6.35. The van der Waals surface area contributed by atoms with Crippen molar-refractivity contribution in [2.45, 2.75) is 0 Å². The summed E-state index contributed by atoms with van der Waals surface area (Å²) in [7, 11) is 3.01. The summed E-state index contributed by atoms with van der Waals surface area (Å²) in [5.74, 6) is 0.905. The van der Waals surface area contributed by atoms with E-state index in [0.717, 1.165) is 0 Å². The third-order valence-electron chi connectivity index (χ3n) is 2.93. The molecule has 7 heteroatoms. The molecule has 122 valence electrons. The number of halogens is 2. The largest absolute Gasteiger partial charge is 0.493 e. The second kappa shape index (κ2) is 7.94. The van der Waals surface area contributed by atoms with Crippen molar-refractivity contribution in [3.8, 4) is 17.2 Å². The molecule has 0 aliphatic rings. The molecule has 2 aromatic carbocycles. The lowest BCUT2D eigenvalue weighted by Crippen LogP contribution is -2.20. The quantitative estimate of drug-likeness (QED) is 0.849. The summed E-state index contributed by atoms with van der Waals surface area (Å²) in [6.45, 7) is -0.237. The Morgan fingerprint density at radius 1 is 1.09 bits per heavy atom. The van der Waals surface area contributed by atoms with Crippen molar-refractivity contribution in [3.05, 3.63) is 46.4 Å². The van der Waals surface area contributed by atoms with E-state index in [0.29, 0.717) is 33.0 Å². The van der Waals surface area contributed by atoms with Crippen LogP contribution < -0.4 is 19.5 Å². The molecule has 23 heavy (non-hydrogen) atoms. The minimum Gasteiger partial charge on any atom is -0.493 e. The second-order valence-electron chi connectivity index (χ2n) is 4.45. The first-order valence-corrected chi connectivity index (χ1v) is 7.39. The van der Waals surface area contributed by atoms with Gasteiger partial charge >= 0.3 is 0 Å². The minimum atomic E-state index is -0.387. The van der Waals surface area contributed by atoms with Gasteiger partial charge in [0.15, 0.2) is 18.1 Å². The monoisotopic (exact) mass is 355 g/mol. The number of anilines is 1. The van der Waals surface area contributed by atoms with Crippen LogP contribution in [-0.2, 0) is 4.79 Å². The predicted octanol–water partition coefficient (Wildman–Crippen LogP) is 4.03. The molecule has 0 fully saturated rings. The van der Waals surface area contributed by atoms with Crippen LogP contribution in [0.5, 0.6) is 17.2 Å².